The highest BCUT2D eigenvalue weighted by Gasteiger charge is 2.14. The summed E-state index contributed by atoms with van der Waals surface area (Å²) in [5, 5.41) is 4.40. The van der Waals surface area contributed by atoms with E-state index in [1.807, 2.05) is 19.9 Å². The first-order valence-electron chi connectivity index (χ1n) is 5.96. The molecule has 0 bridgehead atoms. The van der Waals surface area contributed by atoms with Crippen molar-refractivity contribution in [3.63, 3.8) is 0 Å². The van der Waals surface area contributed by atoms with Crippen molar-refractivity contribution in [2.45, 2.75) is 13.8 Å². The molecule has 0 radical (unpaired) electrons. The first-order chi connectivity index (χ1) is 9.52. The van der Waals surface area contributed by atoms with Crippen molar-refractivity contribution in [1.29, 1.82) is 0 Å². The van der Waals surface area contributed by atoms with Crippen LogP contribution in [0.2, 0.25) is 0 Å². The number of halogens is 1. The van der Waals surface area contributed by atoms with Gasteiger partial charge >= 0.3 is 0 Å². The number of aromatic nitrogens is 4. The lowest BCUT2D eigenvalue weighted by Gasteiger charge is -2.01. The third-order valence-corrected chi connectivity index (χ3v) is 3.15. The van der Waals surface area contributed by atoms with Crippen molar-refractivity contribution in [3.8, 4) is 17.4 Å². The van der Waals surface area contributed by atoms with E-state index in [-0.39, 0.29) is 0 Å². The van der Waals surface area contributed by atoms with Crippen molar-refractivity contribution >= 4 is 21.6 Å². The van der Waals surface area contributed by atoms with Crippen molar-refractivity contribution in [3.05, 3.63) is 40.5 Å². The molecule has 20 heavy (non-hydrogen) atoms. The zero-order valence-electron chi connectivity index (χ0n) is 11.0. The van der Waals surface area contributed by atoms with Crippen LogP contribution in [0.15, 0.2) is 33.5 Å². The van der Waals surface area contributed by atoms with E-state index in [4.69, 9.17) is 10.2 Å². The number of hydrogen-bond acceptors (Lipinski definition) is 5. The second-order valence-electron chi connectivity index (χ2n) is 4.43. The predicted octanol–water partition coefficient (Wildman–Crippen LogP) is 2.88. The van der Waals surface area contributed by atoms with E-state index >= 15 is 0 Å². The number of nitrogens with zero attached hydrogens (tertiary/aromatic N) is 4. The summed E-state index contributed by atoms with van der Waals surface area (Å²) in [4.78, 5) is 8.70. The van der Waals surface area contributed by atoms with Gasteiger partial charge in [-0.2, -0.15) is 5.10 Å². The van der Waals surface area contributed by atoms with Gasteiger partial charge in [0.15, 0.2) is 16.1 Å². The molecule has 0 aliphatic heterocycles. The summed E-state index contributed by atoms with van der Waals surface area (Å²) in [5.41, 5.74) is 8.82. The van der Waals surface area contributed by atoms with Gasteiger partial charge in [0.2, 0.25) is 0 Å². The largest absolute Gasteiger partial charge is 0.448 e. The fourth-order valence-electron chi connectivity index (χ4n) is 1.93. The number of aryl methyl sites for hydroxylation is 2. The molecule has 0 aromatic carbocycles. The van der Waals surface area contributed by atoms with Crippen molar-refractivity contribution in [2.24, 2.45) is 0 Å². The average Bonchev–Trinajstić information content (AvgIpc) is 2.94. The molecule has 102 valence electrons. The molecule has 0 fully saturated rings. The fourth-order valence-corrected chi connectivity index (χ4v) is 2.24. The summed E-state index contributed by atoms with van der Waals surface area (Å²) in [6.07, 6.45) is 1.68. The Bertz CT molecular complexity index is 757. The van der Waals surface area contributed by atoms with Crippen LogP contribution in [0.25, 0.3) is 17.4 Å². The van der Waals surface area contributed by atoms with Gasteiger partial charge in [-0.15, -0.1) is 0 Å². The predicted molar refractivity (Wildman–Crippen MR) is 78.4 cm³/mol. The van der Waals surface area contributed by atoms with Crippen LogP contribution in [0.1, 0.15) is 11.4 Å². The molecule has 0 atom stereocenters. The van der Waals surface area contributed by atoms with E-state index in [2.05, 4.69) is 31.0 Å². The van der Waals surface area contributed by atoms with Crippen molar-refractivity contribution in [1.82, 2.24) is 19.7 Å². The quantitative estimate of drug-likeness (QED) is 0.779. The van der Waals surface area contributed by atoms with Crippen LogP contribution < -0.4 is 5.73 Å². The highest BCUT2D eigenvalue weighted by atomic mass is 79.9. The third-order valence-electron chi connectivity index (χ3n) is 2.72. The fraction of sp³-hybridized carbons (Fsp3) is 0.154. The zero-order valence-corrected chi connectivity index (χ0v) is 12.5. The minimum absolute atomic E-state index is 0.492. The van der Waals surface area contributed by atoms with E-state index < -0.39 is 0 Å². The van der Waals surface area contributed by atoms with Crippen LogP contribution in [-0.4, -0.2) is 19.7 Å². The Hall–Kier alpha value is -2.15. The molecule has 6 nitrogen and oxygen atoms in total. The maximum Gasteiger partial charge on any atom is 0.251 e. The Morgan fingerprint density at radius 2 is 1.90 bits per heavy atom. The highest BCUT2D eigenvalue weighted by molar-refractivity contribution is 9.10. The molecule has 3 heterocycles. The topological polar surface area (TPSA) is 82.8 Å². The zero-order chi connectivity index (χ0) is 14.3. The lowest BCUT2D eigenvalue weighted by atomic mass is 10.3. The molecule has 0 saturated heterocycles. The molecule has 3 rings (SSSR count). The second-order valence-corrected chi connectivity index (χ2v) is 5.21. The number of rotatable bonds is 2. The Labute approximate surface area is 123 Å². The van der Waals surface area contributed by atoms with Gasteiger partial charge in [-0.25, -0.2) is 14.6 Å². The van der Waals surface area contributed by atoms with E-state index in [9.17, 15) is 0 Å². The Morgan fingerprint density at radius 1 is 1.20 bits per heavy atom. The van der Waals surface area contributed by atoms with E-state index in [1.54, 1.807) is 23.0 Å². The van der Waals surface area contributed by atoms with Gasteiger partial charge in [0.05, 0.1) is 11.9 Å². The van der Waals surface area contributed by atoms with Gasteiger partial charge in [-0.05, 0) is 48.0 Å². The van der Waals surface area contributed by atoms with Gasteiger partial charge in [0, 0.05) is 11.4 Å². The van der Waals surface area contributed by atoms with Crippen LogP contribution in [0.4, 0.5) is 5.69 Å². The maximum atomic E-state index is 5.98. The van der Waals surface area contributed by atoms with Crippen LogP contribution in [0.5, 0.6) is 0 Å². The molecule has 7 heteroatoms. The molecule has 0 saturated carbocycles. The number of anilines is 1. The summed E-state index contributed by atoms with van der Waals surface area (Å²) in [6.45, 7) is 3.82. The summed E-state index contributed by atoms with van der Waals surface area (Å²) >= 11 is 3.26. The average molecular weight is 334 g/mol. The SMILES string of the molecule is Cc1cc(C)nc(-n2cc(N)c(-c3ccc(Br)o3)n2)n1. The summed E-state index contributed by atoms with van der Waals surface area (Å²) in [6, 6.07) is 5.50. The lowest BCUT2D eigenvalue weighted by molar-refractivity contribution is 0.553. The first kappa shape index (κ1) is 12.9. The van der Waals surface area contributed by atoms with Gasteiger partial charge in [-0.3, -0.25) is 0 Å². The minimum Gasteiger partial charge on any atom is -0.448 e. The normalized spacial score (nSPS) is 10.9. The molecule has 0 amide bonds. The monoisotopic (exact) mass is 333 g/mol. The van der Waals surface area contributed by atoms with Gasteiger partial charge in [-0.1, -0.05) is 0 Å². The van der Waals surface area contributed by atoms with Gasteiger partial charge in [0.1, 0.15) is 0 Å². The summed E-state index contributed by atoms with van der Waals surface area (Å²) in [7, 11) is 0. The molecule has 3 aromatic heterocycles. The van der Waals surface area contributed by atoms with Crippen molar-refractivity contribution < 1.29 is 4.42 Å². The minimum atomic E-state index is 0.492. The molecule has 0 spiro atoms. The van der Waals surface area contributed by atoms with E-state index in [0.717, 1.165) is 11.4 Å². The van der Waals surface area contributed by atoms with Crippen LogP contribution in [0.3, 0.4) is 0 Å². The highest BCUT2D eigenvalue weighted by Crippen LogP contribution is 2.28. The Balaban J connectivity index is 2.08. The van der Waals surface area contributed by atoms with E-state index in [0.29, 0.717) is 27.8 Å². The third kappa shape index (κ3) is 2.32. The van der Waals surface area contributed by atoms with Gasteiger partial charge in [0.25, 0.3) is 5.95 Å². The number of hydrogen-bond donors (Lipinski definition) is 1. The molecule has 0 aliphatic rings. The van der Waals surface area contributed by atoms with Crippen LogP contribution in [0, 0.1) is 13.8 Å². The summed E-state index contributed by atoms with van der Waals surface area (Å²) in [5.74, 6) is 1.09. The standard InChI is InChI=1S/C13H12BrN5O/c1-7-5-8(2)17-13(16-7)19-6-9(15)12(18-19)10-3-4-11(14)20-10/h3-6H,15H2,1-2H3. The Kier molecular flexibility index (Phi) is 3.06. The van der Waals surface area contributed by atoms with Crippen LogP contribution >= 0.6 is 15.9 Å². The first-order valence-corrected chi connectivity index (χ1v) is 6.76. The molecule has 2 N–H and O–H groups in total. The van der Waals surface area contributed by atoms with Crippen molar-refractivity contribution in [2.75, 3.05) is 5.73 Å². The lowest BCUT2D eigenvalue weighted by Crippen LogP contribution is -2.04. The Morgan fingerprint density at radius 3 is 2.50 bits per heavy atom. The van der Waals surface area contributed by atoms with E-state index in [1.165, 1.54) is 0 Å². The molecular weight excluding hydrogens is 322 g/mol. The number of nitrogens with two attached hydrogens (primary N) is 1. The summed E-state index contributed by atoms with van der Waals surface area (Å²) < 4.78 is 7.65. The molecular formula is C13H12BrN5O. The number of nitrogen functional groups attached to an aromatic ring is 1. The smallest absolute Gasteiger partial charge is 0.251 e. The second kappa shape index (κ2) is 4.75. The number of furan rings is 1. The molecule has 0 aliphatic carbocycles. The molecule has 3 aromatic rings. The van der Waals surface area contributed by atoms with Gasteiger partial charge < -0.3 is 10.2 Å². The maximum absolute atomic E-state index is 5.98. The van der Waals surface area contributed by atoms with Crippen LogP contribution in [-0.2, 0) is 0 Å². The molecule has 0 unspecified atom stereocenters.